The maximum absolute atomic E-state index is 11.2. The van der Waals surface area contributed by atoms with Crippen molar-refractivity contribution in [1.82, 2.24) is 15.1 Å². The molecule has 4 nitrogen and oxygen atoms in total. The summed E-state index contributed by atoms with van der Waals surface area (Å²) in [7, 11) is 1.84. The zero-order chi connectivity index (χ0) is 10.4. The Hall–Kier alpha value is -1.58. The number of carbonyl (C=O) groups excluding carboxylic acids is 1. The highest BCUT2D eigenvalue weighted by Gasteiger charge is 1.94. The third-order valence-electron chi connectivity index (χ3n) is 1.70. The highest BCUT2D eigenvalue weighted by molar-refractivity contribution is 5.91. The van der Waals surface area contributed by atoms with Crippen LogP contribution in [0.25, 0.3) is 6.08 Å². The Labute approximate surface area is 83.6 Å². The molecule has 14 heavy (non-hydrogen) atoms. The highest BCUT2D eigenvalue weighted by Crippen LogP contribution is 1.98. The number of rotatable bonds is 4. The second kappa shape index (κ2) is 5.21. The number of nitrogens with one attached hydrogen (secondary N) is 1. The molecule has 76 valence electrons. The Balaban J connectivity index is 2.43. The quantitative estimate of drug-likeness (QED) is 0.724. The summed E-state index contributed by atoms with van der Waals surface area (Å²) < 4.78 is 1.70. The second-order valence-corrected chi connectivity index (χ2v) is 3.07. The van der Waals surface area contributed by atoms with Gasteiger partial charge in [-0.2, -0.15) is 5.10 Å². The van der Waals surface area contributed by atoms with Crippen molar-refractivity contribution < 1.29 is 4.79 Å². The fourth-order valence-electron chi connectivity index (χ4n) is 1.01. The Morgan fingerprint density at radius 3 is 3.07 bits per heavy atom. The molecule has 0 atom stereocenters. The first kappa shape index (κ1) is 10.5. The Bertz CT molecular complexity index is 328. The second-order valence-electron chi connectivity index (χ2n) is 3.07. The molecule has 0 aromatic carbocycles. The van der Waals surface area contributed by atoms with Crippen LogP contribution in [-0.2, 0) is 11.8 Å². The SMILES string of the molecule is CCCNC(=O)C=Cc1cnn(C)c1. The van der Waals surface area contributed by atoms with Crippen molar-refractivity contribution in [1.29, 1.82) is 0 Å². The number of aromatic nitrogens is 2. The van der Waals surface area contributed by atoms with Crippen LogP contribution in [0.2, 0.25) is 0 Å². The molecule has 0 aliphatic heterocycles. The van der Waals surface area contributed by atoms with E-state index in [1.54, 1.807) is 17.0 Å². The van der Waals surface area contributed by atoms with Gasteiger partial charge in [-0.1, -0.05) is 6.92 Å². The molecule has 4 heteroatoms. The largest absolute Gasteiger partial charge is 0.353 e. The lowest BCUT2D eigenvalue weighted by Gasteiger charge is -1.96. The predicted molar refractivity (Wildman–Crippen MR) is 55.5 cm³/mol. The molecule has 0 aliphatic carbocycles. The first-order valence-corrected chi connectivity index (χ1v) is 4.67. The van der Waals surface area contributed by atoms with Gasteiger partial charge in [0.15, 0.2) is 0 Å². The van der Waals surface area contributed by atoms with E-state index < -0.39 is 0 Å². The molecule has 0 aliphatic rings. The smallest absolute Gasteiger partial charge is 0.244 e. The Morgan fingerprint density at radius 2 is 2.50 bits per heavy atom. The summed E-state index contributed by atoms with van der Waals surface area (Å²) >= 11 is 0. The van der Waals surface area contributed by atoms with Gasteiger partial charge in [-0.05, 0) is 12.5 Å². The van der Waals surface area contributed by atoms with E-state index >= 15 is 0 Å². The molecule has 1 amide bonds. The average Bonchev–Trinajstić information content (AvgIpc) is 2.58. The van der Waals surface area contributed by atoms with E-state index in [0.29, 0.717) is 0 Å². The molecular weight excluding hydrogens is 178 g/mol. The predicted octanol–water partition coefficient (Wildman–Crippen LogP) is 0.959. The lowest BCUT2D eigenvalue weighted by Crippen LogP contribution is -2.21. The summed E-state index contributed by atoms with van der Waals surface area (Å²) in [4.78, 5) is 11.2. The molecule has 1 aromatic rings. The molecule has 0 radical (unpaired) electrons. The molecule has 0 unspecified atom stereocenters. The Kier molecular flexibility index (Phi) is 3.91. The van der Waals surface area contributed by atoms with Gasteiger partial charge in [-0.25, -0.2) is 0 Å². The fraction of sp³-hybridized carbons (Fsp3) is 0.400. The molecule has 1 heterocycles. The first-order chi connectivity index (χ1) is 6.72. The van der Waals surface area contributed by atoms with Crippen LogP contribution in [0, 0.1) is 0 Å². The van der Waals surface area contributed by atoms with Crippen LogP contribution in [0.1, 0.15) is 18.9 Å². The van der Waals surface area contributed by atoms with Crippen LogP contribution in [0.3, 0.4) is 0 Å². The normalized spacial score (nSPS) is 10.7. The van der Waals surface area contributed by atoms with Crippen LogP contribution in [0.4, 0.5) is 0 Å². The van der Waals surface area contributed by atoms with Gasteiger partial charge in [-0.15, -0.1) is 0 Å². The van der Waals surface area contributed by atoms with Gasteiger partial charge in [-0.3, -0.25) is 9.48 Å². The van der Waals surface area contributed by atoms with Gasteiger partial charge >= 0.3 is 0 Å². The Morgan fingerprint density at radius 1 is 1.71 bits per heavy atom. The minimum atomic E-state index is -0.0595. The van der Waals surface area contributed by atoms with Crippen molar-refractivity contribution in [3.63, 3.8) is 0 Å². The van der Waals surface area contributed by atoms with E-state index in [-0.39, 0.29) is 5.91 Å². The van der Waals surface area contributed by atoms with Crippen LogP contribution in [0.15, 0.2) is 18.5 Å². The minimum Gasteiger partial charge on any atom is -0.353 e. The molecule has 0 fully saturated rings. The van der Waals surface area contributed by atoms with E-state index in [4.69, 9.17) is 0 Å². The number of aryl methyl sites for hydroxylation is 1. The van der Waals surface area contributed by atoms with Crippen molar-refractivity contribution in [3.8, 4) is 0 Å². The van der Waals surface area contributed by atoms with Crippen molar-refractivity contribution in [2.45, 2.75) is 13.3 Å². The number of amides is 1. The monoisotopic (exact) mass is 193 g/mol. The molecule has 0 bridgehead atoms. The van der Waals surface area contributed by atoms with Crippen molar-refractivity contribution in [3.05, 3.63) is 24.0 Å². The maximum atomic E-state index is 11.2. The molecule has 1 aromatic heterocycles. The van der Waals surface area contributed by atoms with Crippen LogP contribution < -0.4 is 5.32 Å². The standard InChI is InChI=1S/C10H15N3O/c1-3-6-11-10(14)5-4-9-7-12-13(2)8-9/h4-5,7-8H,3,6H2,1-2H3,(H,11,14). The van der Waals surface area contributed by atoms with Gasteiger partial charge in [0.25, 0.3) is 0 Å². The van der Waals surface area contributed by atoms with Gasteiger partial charge in [0, 0.05) is 31.4 Å². The zero-order valence-corrected chi connectivity index (χ0v) is 8.53. The molecule has 0 saturated carbocycles. The molecule has 0 spiro atoms. The van der Waals surface area contributed by atoms with Crippen molar-refractivity contribution in [2.24, 2.45) is 7.05 Å². The molecule has 1 N–H and O–H groups in total. The third-order valence-corrected chi connectivity index (χ3v) is 1.70. The lowest BCUT2D eigenvalue weighted by atomic mass is 10.3. The van der Waals surface area contributed by atoms with Gasteiger partial charge < -0.3 is 5.32 Å². The summed E-state index contributed by atoms with van der Waals surface area (Å²) in [6.45, 7) is 2.74. The maximum Gasteiger partial charge on any atom is 0.244 e. The van der Waals surface area contributed by atoms with E-state index in [0.717, 1.165) is 18.5 Å². The fourth-order valence-corrected chi connectivity index (χ4v) is 1.01. The molecule has 0 saturated heterocycles. The third kappa shape index (κ3) is 3.43. The van der Waals surface area contributed by atoms with Gasteiger partial charge in [0.1, 0.15) is 0 Å². The lowest BCUT2D eigenvalue weighted by molar-refractivity contribution is -0.116. The molecule has 1 rings (SSSR count). The summed E-state index contributed by atoms with van der Waals surface area (Å²) in [5.74, 6) is -0.0595. The topological polar surface area (TPSA) is 46.9 Å². The first-order valence-electron chi connectivity index (χ1n) is 4.67. The summed E-state index contributed by atoms with van der Waals surface area (Å²) in [5.41, 5.74) is 0.930. The van der Waals surface area contributed by atoms with E-state index in [1.807, 2.05) is 20.2 Å². The number of hydrogen-bond acceptors (Lipinski definition) is 2. The number of carbonyl (C=O) groups is 1. The van der Waals surface area contributed by atoms with E-state index in [1.165, 1.54) is 6.08 Å². The van der Waals surface area contributed by atoms with E-state index in [2.05, 4.69) is 10.4 Å². The molecular formula is C10H15N3O. The minimum absolute atomic E-state index is 0.0595. The number of nitrogens with zero attached hydrogens (tertiary/aromatic N) is 2. The zero-order valence-electron chi connectivity index (χ0n) is 8.53. The summed E-state index contributed by atoms with van der Waals surface area (Å²) in [6, 6.07) is 0. The highest BCUT2D eigenvalue weighted by atomic mass is 16.1. The van der Waals surface area contributed by atoms with Crippen LogP contribution in [-0.4, -0.2) is 22.2 Å². The summed E-state index contributed by atoms with van der Waals surface area (Å²) in [6.07, 6.45) is 7.78. The average molecular weight is 193 g/mol. The van der Waals surface area contributed by atoms with Gasteiger partial charge in [0.05, 0.1) is 6.20 Å². The van der Waals surface area contributed by atoms with Gasteiger partial charge in [0.2, 0.25) is 5.91 Å². The van der Waals surface area contributed by atoms with Crippen LogP contribution >= 0.6 is 0 Å². The van der Waals surface area contributed by atoms with Crippen molar-refractivity contribution in [2.75, 3.05) is 6.54 Å². The van der Waals surface area contributed by atoms with Crippen LogP contribution in [0.5, 0.6) is 0 Å². The van der Waals surface area contributed by atoms with Crippen molar-refractivity contribution >= 4 is 12.0 Å². The summed E-state index contributed by atoms with van der Waals surface area (Å²) in [5, 5.41) is 6.75. The van der Waals surface area contributed by atoms with E-state index in [9.17, 15) is 4.79 Å². The number of hydrogen-bond donors (Lipinski definition) is 1.